The lowest BCUT2D eigenvalue weighted by Gasteiger charge is -2.21. The van der Waals surface area contributed by atoms with Crippen LogP contribution in [0, 0.1) is 11.3 Å². The van der Waals surface area contributed by atoms with Crippen LogP contribution in [0.15, 0.2) is 21.8 Å². The first-order chi connectivity index (χ1) is 9.03. The number of aromatic nitrogens is 1. The van der Waals surface area contributed by atoms with Crippen molar-refractivity contribution in [2.24, 2.45) is 16.3 Å². The molecule has 1 fully saturated rings. The minimum atomic E-state index is 0. The van der Waals surface area contributed by atoms with Crippen LogP contribution >= 0.6 is 24.0 Å². The van der Waals surface area contributed by atoms with Gasteiger partial charge in [-0.05, 0) is 24.7 Å². The maximum atomic E-state index is 4.85. The highest BCUT2D eigenvalue weighted by atomic mass is 127. The van der Waals surface area contributed by atoms with Crippen molar-refractivity contribution in [3.05, 3.63) is 18.0 Å². The van der Waals surface area contributed by atoms with Gasteiger partial charge in [0.05, 0.1) is 6.54 Å². The zero-order chi connectivity index (χ0) is 13.9. The molecule has 1 atom stereocenters. The first-order valence-electron chi connectivity index (χ1n) is 6.91. The van der Waals surface area contributed by atoms with E-state index < -0.39 is 0 Å². The Morgan fingerprint density at radius 3 is 2.80 bits per heavy atom. The third kappa shape index (κ3) is 4.64. The molecule has 0 spiro atoms. The fraction of sp³-hybridized carbons (Fsp3) is 0.714. The summed E-state index contributed by atoms with van der Waals surface area (Å²) in [5, 5.41) is 7.25. The summed E-state index contributed by atoms with van der Waals surface area (Å²) in [5.41, 5.74) is 1.39. The number of nitrogens with one attached hydrogen (secondary N) is 1. The van der Waals surface area contributed by atoms with Gasteiger partial charge in [-0.15, -0.1) is 24.0 Å². The molecule has 0 bridgehead atoms. The van der Waals surface area contributed by atoms with E-state index in [1.165, 1.54) is 6.42 Å². The largest absolute Gasteiger partial charge is 0.364 e. The summed E-state index contributed by atoms with van der Waals surface area (Å²) in [6.45, 7) is 9.17. The van der Waals surface area contributed by atoms with Crippen molar-refractivity contribution in [2.45, 2.75) is 33.7 Å². The van der Waals surface area contributed by atoms with Gasteiger partial charge < -0.3 is 14.7 Å². The van der Waals surface area contributed by atoms with Crippen molar-refractivity contribution in [3.8, 4) is 0 Å². The second-order valence-electron chi connectivity index (χ2n) is 5.93. The van der Waals surface area contributed by atoms with Crippen LogP contribution in [-0.4, -0.2) is 36.2 Å². The minimum Gasteiger partial charge on any atom is -0.364 e. The van der Waals surface area contributed by atoms with Crippen molar-refractivity contribution >= 4 is 29.9 Å². The van der Waals surface area contributed by atoms with Gasteiger partial charge in [-0.1, -0.05) is 19.0 Å². The fourth-order valence-corrected chi connectivity index (χ4v) is 2.19. The van der Waals surface area contributed by atoms with Crippen LogP contribution in [0.3, 0.4) is 0 Å². The van der Waals surface area contributed by atoms with E-state index in [-0.39, 0.29) is 24.0 Å². The van der Waals surface area contributed by atoms with Gasteiger partial charge in [0.25, 0.3) is 0 Å². The number of guanidine groups is 1. The van der Waals surface area contributed by atoms with Crippen molar-refractivity contribution < 1.29 is 4.52 Å². The lowest BCUT2D eigenvalue weighted by atomic mass is 10.1. The average Bonchev–Trinajstić information content (AvgIpc) is 2.78. The van der Waals surface area contributed by atoms with Gasteiger partial charge in [0.2, 0.25) is 0 Å². The van der Waals surface area contributed by atoms with E-state index in [2.05, 4.69) is 36.1 Å². The van der Waals surface area contributed by atoms with Gasteiger partial charge in [0.1, 0.15) is 12.0 Å². The summed E-state index contributed by atoms with van der Waals surface area (Å²) in [6, 6.07) is 1.88. The Balaban J connectivity index is 0.00000200. The third-order valence-corrected chi connectivity index (χ3v) is 3.77. The summed E-state index contributed by atoms with van der Waals surface area (Å²) < 4.78 is 4.85. The number of nitrogens with zero attached hydrogens (tertiary/aromatic N) is 3. The molecule has 1 aromatic rings. The molecule has 5 nitrogen and oxygen atoms in total. The highest BCUT2D eigenvalue weighted by Crippen LogP contribution is 2.51. The van der Waals surface area contributed by atoms with Crippen molar-refractivity contribution in [2.75, 3.05) is 20.1 Å². The topological polar surface area (TPSA) is 53.7 Å². The SMILES string of the molecule is CCNC(=NCC1CC1(C)C)N(C)Cc1ccon1.I. The molecule has 0 aliphatic heterocycles. The molecule has 1 N–H and O–H groups in total. The molecular formula is C14H25IN4O. The van der Waals surface area contributed by atoms with Crippen LogP contribution in [0.2, 0.25) is 0 Å². The van der Waals surface area contributed by atoms with Gasteiger partial charge in [-0.2, -0.15) is 0 Å². The van der Waals surface area contributed by atoms with E-state index in [0.29, 0.717) is 12.0 Å². The highest BCUT2D eigenvalue weighted by molar-refractivity contribution is 14.0. The summed E-state index contributed by atoms with van der Waals surface area (Å²) in [6.07, 6.45) is 2.88. The van der Waals surface area contributed by atoms with Gasteiger partial charge in [0.15, 0.2) is 5.96 Å². The second-order valence-corrected chi connectivity index (χ2v) is 5.93. The number of hydrogen-bond donors (Lipinski definition) is 1. The minimum absolute atomic E-state index is 0. The summed E-state index contributed by atoms with van der Waals surface area (Å²) in [4.78, 5) is 6.80. The molecule has 0 aromatic carbocycles. The highest BCUT2D eigenvalue weighted by Gasteiger charge is 2.45. The first-order valence-corrected chi connectivity index (χ1v) is 6.91. The smallest absolute Gasteiger partial charge is 0.194 e. The molecule has 6 heteroatoms. The van der Waals surface area contributed by atoms with Crippen molar-refractivity contribution in [1.82, 2.24) is 15.4 Å². The molecule has 114 valence electrons. The first kappa shape index (κ1) is 17.3. The van der Waals surface area contributed by atoms with E-state index in [9.17, 15) is 0 Å². The third-order valence-electron chi connectivity index (χ3n) is 3.77. The Bertz CT molecular complexity index is 430. The molecule has 0 radical (unpaired) electrons. The number of hydrogen-bond acceptors (Lipinski definition) is 3. The van der Waals surface area contributed by atoms with Gasteiger partial charge in [0, 0.05) is 26.2 Å². The molecule has 2 rings (SSSR count). The molecule has 1 aromatic heterocycles. The fourth-order valence-electron chi connectivity index (χ4n) is 2.19. The maximum Gasteiger partial charge on any atom is 0.194 e. The van der Waals surface area contributed by atoms with Crippen molar-refractivity contribution in [1.29, 1.82) is 0 Å². The Hall–Kier alpha value is -0.790. The standard InChI is InChI=1S/C14H24N4O.HI/c1-5-15-13(16-9-11-8-14(11,2)3)18(4)10-12-6-7-19-17-12;/h6-7,11H,5,8-10H2,1-4H3,(H,15,16);1H. The molecule has 1 unspecified atom stereocenters. The molecule has 0 amide bonds. The quantitative estimate of drug-likeness (QED) is 0.476. The van der Waals surface area contributed by atoms with Gasteiger partial charge >= 0.3 is 0 Å². The summed E-state index contributed by atoms with van der Waals surface area (Å²) >= 11 is 0. The van der Waals surface area contributed by atoms with E-state index in [1.54, 1.807) is 6.26 Å². The number of rotatable bonds is 5. The Morgan fingerprint density at radius 2 is 2.30 bits per heavy atom. The Labute approximate surface area is 138 Å². The van der Waals surface area contributed by atoms with E-state index in [4.69, 9.17) is 9.52 Å². The predicted molar refractivity (Wildman–Crippen MR) is 91.3 cm³/mol. The lowest BCUT2D eigenvalue weighted by Crippen LogP contribution is -2.38. The van der Waals surface area contributed by atoms with Crippen LogP contribution in [0.4, 0.5) is 0 Å². The molecule has 1 aliphatic rings. The maximum absolute atomic E-state index is 4.85. The zero-order valence-corrected chi connectivity index (χ0v) is 15.0. The Morgan fingerprint density at radius 1 is 1.60 bits per heavy atom. The molecular weight excluding hydrogens is 367 g/mol. The molecule has 1 aliphatic carbocycles. The van der Waals surface area contributed by atoms with E-state index in [1.807, 2.05) is 13.1 Å². The molecule has 1 heterocycles. The summed E-state index contributed by atoms with van der Waals surface area (Å²) in [7, 11) is 2.02. The predicted octanol–water partition coefficient (Wildman–Crippen LogP) is 2.74. The van der Waals surface area contributed by atoms with Crippen LogP contribution in [0.5, 0.6) is 0 Å². The van der Waals surface area contributed by atoms with Gasteiger partial charge in [-0.25, -0.2) is 0 Å². The number of halogens is 1. The zero-order valence-electron chi connectivity index (χ0n) is 12.7. The van der Waals surface area contributed by atoms with E-state index in [0.717, 1.165) is 30.7 Å². The average molecular weight is 392 g/mol. The van der Waals surface area contributed by atoms with Crippen LogP contribution in [0.25, 0.3) is 0 Å². The van der Waals surface area contributed by atoms with Crippen molar-refractivity contribution in [3.63, 3.8) is 0 Å². The van der Waals surface area contributed by atoms with Crippen LogP contribution in [0.1, 0.15) is 32.9 Å². The molecule has 20 heavy (non-hydrogen) atoms. The second kappa shape index (κ2) is 7.28. The summed E-state index contributed by atoms with van der Waals surface area (Å²) in [5.74, 6) is 1.66. The van der Waals surface area contributed by atoms with E-state index >= 15 is 0 Å². The molecule has 0 saturated heterocycles. The lowest BCUT2D eigenvalue weighted by molar-refractivity contribution is 0.391. The van der Waals surface area contributed by atoms with Crippen LogP contribution < -0.4 is 5.32 Å². The molecule has 1 saturated carbocycles. The van der Waals surface area contributed by atoms with Crippen LogP contribution in [-0.2, 0) is 6.54 Å². The monoisotopic (exact) mass is 392 g/mol. The normalized spacial score (nSPS) is 20.2. The number of aliphatic imine (C=N–C) groups is 1. The Kier molecular flexibility index (Phi) is 6.29. The van der Waals surface area contributed by atoms with Gasteiger partial charge in [-0.3, -0.25) is 4.99 Å².